The largest absolute Gasteiger partial charge is 0.493 e. The van der Waals surface area contributed by atoms with Gasteiger partial charge in [0.1, 0.15) is 0 Å². The quantitative estimate of drug-likeness (QED) is 0.662. The zero-order valence-corrected chi connectivity index (χ0v) is 20.7. The van der Waals surface area contributed by atoms with Crippen molar-refractivity contribution < 1.29 is 9.47 Å². The number of methoxy groups -OCH3 is 2. The smallest absolute Gasteiger partial charge is 0.160 e. The summed E-state index contributed by atoms with van der Waals surface area (Å²) >= 11 is 1.81. The minimum Gasteiger partial charge on any atom is -0.493 e. The SMILES string of the molecule is COc1ccc(CCN2CN=C(SCc3c(C)c(C)c(C)c(C)c3C)NC2)cc1OC. The van der Waals surface area contributed by atoms with Crippen molar-refractivity contribution in [3.63, 3.8) is 0 Å². The summed E-state index contributed by atoms with van der Waals surface area (Å²) in [4.78, 5) is 7.09. The van der Waals surface area contributed by atoms with Crippen molar-refractivity contribution in [2.45, 2.75) is 46.8 Å². The minimum atomic E-state index is 0.729. The summed E-state index contributed by atoms with van der Waals surface area (Å²) in [6.07, 6.45) is 0.945. The number of thioether (sulfide) groups is 1. The molecule has 0 aromatic heterocycles. The van der Waals surface area contributed by atoms with Gasteiger partial charge >= 0.3 is 0 Å². The van der Waals surface area contributed by atoms with Gasteiger partial charge in [-0.2, -0.15) is 0 Å². The molecule has 31 heavy (non-hydrogen) atoms. The maximum atomic E-state index is 5.41. The van der Waals surface area contributed by atoms with Gasteiger partial charge in [-0.15, -0.1) is 0 Å². The van der Waals surface area contributed by atoms with Gasteiger partial charge in [0.2, 0.25) is 0 Å². The number of nitrogens with zero attached hydrogens (tertiary/aromatic N) is 2. The molecule has 0 saturated heterocycles. The first-order valence-corrected chi connectivity index (χ1v) is 11.7. The topological polar surface area (TPSA) is 46.1 Å². The summed E-state index contributed by atoms with van der Waals surface area (Å²) < 4.78 is 10.7. The standard InChI is InChI=1S/C25H35N3O2S/c1-16-17(2)19(4)22(20(5)18(16)3)13-31-25-26-14-28(15-27-25)11-10-21-8-9-23(29-6)24(12-21)30-7/h8-9,12H,10-11,13-15H2,1-7H3,(H,26,27). The lowest BCUT2D eigenvalue weighted by Crippen LogP contribution is -2.42. The highest BCUT2D eigenvalue weighted by atomic mass is 32.2. The number of benzene rings is 2. The first-order valence-electron chi connectivity index (χ1n) is 10.8. The Labute approximate surface area is 191 Å². The molecule has 0 fully saturated rings. The maximum Gasteiger partial charge on any atom is 0.160 e. The van der Waals surface area contributed by atoms with E-state index in [1.54, 1.807) is 14.2 Å². The van der Waals surface area contributed by atoms with Crippen LogP contribution in [0.25, 0.3) is 0 Å². The van der Waals surface area contributed by atoms with E-state index in [1.165, 1.54) is 38.9 Å². The van der Waals surface area contributed by atoms with Crippen molar-refractivity contribution in [3.8, 4) is 11.5 Å². The van der Waals surface area contributed by atoms with Crippen molar-refractivity contribution in [3.05, 3.63) is 57.1 Å². The third-order valence-corrected chi connectivity index (χ3v) is 7.52. The molecule has 0 saturated carbocycles. The second-order valence-corrected chi connectivity index (χ2v) is 9.13. The van der Waals surface area contributed by atoms with E-state index in [9.17, 15) is 0 Å². The number of hydrogen-bond acceptors (Lipinski definition) is 6. The van der Waals surface area contributed by atoms with E-state index in [2.05, 4.69) is 57.0 Å². The molecule has 0 bridgehead atoms. The number of amidine groups is 1. The van der Waals surface area contributed by atoms with E-state index < -0.39 is 0 Å². The molecule has 0 unspecified atom stereocenters. The van der Waals surface area contributed by atoms with Gasteiger partial charge in [-0.25, -0.2) is 4.99 Å². The van der Waals surface area contributed by atoms with Gasteiger partial charge in [0.05, 0.1) is 27.6 Å². The summed E-state index contributed by atoms with van der Waals surface area (Å²) in [7, 11) is 3.33. The van der Waals surface area contributed by atoms with Crippen LogP contribution in [0.15, 0.2) is 23.2 Å². The third-order valence-electron chi connectivity index (χ3n) is 6.54. The Balaban J connectivity index is 1.54. The third kappa shape index (κ3) is 5.36. The Hall–Kier alpha value is -2.18. The average molecular weight is 442 g/mol. The molecule has 0 amide bonds. The van der Waals surface area contributed by atoms with Gasteiger partial charge in [0.15, 0.2) is 16.7 Å². The van der Waals surface area contributed by atoms with Crippen molar-refractivity contribution in [2.24, 2.45) is 4.99 Å². The van der Waals surface area contributed by atoms with Crippen molar-refractivity contribution in [2.75, 3.05) is 34.1 Å². The Morgan fingerprint density at radius 2 is 1.58 bits per heavy atom. The number of hydrogen-bond donors (Lipinski definition) is 1. The number of ether oxygens (including phenoxy) is 2. The normalized spacial score (nSPS) is 14.2. The van der Waals surface area contributed by atoms with E-state index >= 15 is 0 Å². The molecule has 3 rings (SSSR count). The number of nitrogens with one attached hydrogen (secondary N) is 1. The van der Waals surface area contributed by atoms with Crippen molar-refractivity contribution >= 4 is 16.9 Å². The molecule has 168 valence electrons. The van der Waals surface area contributed by atoms with Crippen molar-refractivity contribution in [1.82, 2.24) is 10.2 Å². The summed E-state index contributed by atoms with van der Waals surface area (Å²) in [5, 5.41) is 4.53. The lowest BCUT2D eigenvalue weighted by molar-refractivity contribution is 0.270. The summed E-state index contributed by atoms with van der Waals surface area (Å²) in [6.45, 7) is 13.7. The monoisotopic (exact) mass is 441 g/mol. The van der Waals surface area contributed by atoms with Crippen LogP contribution in [0.2, 0.25) is 0 Å². The Bertz CT molecular complexity index is 943. The molecule has 6 heteroatoms. The second kappa shape index (κ2) is 10.4. The summed E-state index contributed by atoms with van der Waals surface area (Å²) in [5.74, 6) is 2.50. The molecule has 1 aliphatic heterocycles. The van der Waals surface area contributed by atoms with Crippen molar-refractivity contribution in [1.29, 1.82) is 0 Å². The van der Waals surface area contributed by atoms with Crippen LogP contribution in [0.4, 0.5) is 0 Å². The van der Waals surface area contributed by atoms with Crippen LogP contribution < -0.4 is 14.8 Å². The highest BCUT2D eigenvalue weighted by Gasteiger charge is 2.16. The lowest BCUT2D eigenvalue weighted by atomic mass is 9.90. The lowest BCUT2D eigenvalue weighted by Gasteiger charge is -2.27. The van der Waals surface area contributed by atoms with E-state index in [1.807, 2.05) is 17.8 Å². The number of rotatable bonds is 7. The molecule has 0 radical (unpaired) electrons. The molecule has 0 spiro atoms. The zero-order valence-electron chi connectivity index (χ0n) is 19.9. The minimum absolute atomic E-state index is 0.729. The molecule has 1 aliphatic rings. The molecule has 0 aliphatic carbocycles. The Morgan fingerprint density at radius 3 is 2.16 bits per heavy atom. The highest BCUT2D eigenvalue weighted by Crippen LogP contribution is 2.30. The van der Waals surface area contributed by atoms with Gasteiger partial charge in [-0.3, -0.25) is 4.90 Å². The number of aliphatic imine (C=N–C) groups is 1. The Kier molecular flexibility index (Phi) is 7.89. The first-order chi connectivity index (χ1) is 14.8. The molecule has 1 heterocycles. The molecule has 1 N–H and O–H groups in total. The van der Waals surface area contributed by atoms with Gasteiger partial charge in [0, 0.05) is 12.3 Å². The van der Waals surface area contributed by atoms with Crippen LogP contribution in [0.3, 0.4) is 0 Å². The molecular weight excluding hydrogens is 406 g/mol. The van der Waals surface area contributed by atoms with Crippen LogP contribution in [0, 0.1) is 34.6 Å². The molecule has 0 atom stereocenters. The average Bonchev–Trinajstić information content (AvgIpc) is 2.80. The zero-order chi connectivity index (χ0) is 22.5. The summed E-state index contributed by atoms with van der Waals surface area (Å²) in [5.41, 5.74) is 9.77. The van der Waals surface area contributed by atoms with E-state index in [0.29, 0.717) is 0 Å². The fraction of sp³-hybridized carbons (Fsp3) is 0.480. The maximum absolute atomic E-state index is 5.41. The first kappa shape index (κ1) is 23.5. The van der Waals surface area contributed by atoms with Crippen LogP contribution in [-0.2, 0) is 12.2 Å². The Morgan fingerprint density at radius 1 is 0.935 bits per heavy atom. The van der Waals surface area contributed by atoms with E-state index in [0.717, 1.165) is 48.7 Å². The van der Waals surface area contributed by atoms with Crippen LogP contribution in [0.5, 0.6) is 11.5 Å². The van der Waals surface area contributed by atoms with Gasteiger partial charge in [-0.05, 0) is 92.1 Å². The van der Waals surface area contributed by atoms with Crippen LogP contribution in [0.1, 0.15) is 38.9 Å². The predicted molar refractivity (Wildman–Crippen MR) is 132 cm³/mol. The van der Waals surface area contributed by atoms with Gasteiger partial charge in [0.25, 0.3) is 0 Å². The predicted octanol–water partition coefficient (Wildman–Crippen LogP) is 4.90. The molecule has 5 nitrogen and oxygen atoms in total. The van der Waals surface area contributed by atoms with E-state index in [-0.39, 0.29) is 0 Å². The fourth-order valence-electron chi connectivity index (χ4n) is 3.95. The highest BCUT2D eigenvalue weighted by molar-refractivity contribution is 8.13. The second-order valence-electron chi connectivity index (χ2n) is 8.17. The fourth-order valence-corrected chi connectivity index (χ4v) is 4.98. The molecule has 2 aromatic carbocycles. The van der Waals surface area contributed by atoms with Gasteiger partial charge in [-0.1, -0.05) is 17.8 Å². The molecule has 2 aromatic rings. The van der Waals surface area contributed by atoms with E-state index in [4.69, 9.17) is 14.5 Å². The summed E-state index contributed by atoms with van der Waals surface area (Å²) in [6, 6.07) is 6.12. The van der Waals surface area contributed by atoms with Crippen LogP contribution in [-0.4, -0.2) is 44.2 Å². The van der Waals surface area contributed by atoms with Gasteiger partial charge < -0.3 is 14.8 Å². The van der Waals surface area contributed by atoms with Crippen LogP contribution >= 0.6 is 11.8 Å². The molecular formula is C25H35N3O2S.